The van der Waals surface area contributed by atoms with Crippen LogP contribution >= 0.6 is 0 Å². The molecule has 134 valence electrons. The van der Waals surface area contributed by atoms with Gasteiger partial charge in [0.05, 0.1) is 11.3 Å². The minimum atomic E-state index is -0.893. The number of nitrogens with one attached hydrogen (secondary N) is 2. The number of nitrogens with zero attached hydrogens (tertiary/aromatic N) is 3. The zero-order valence-corrected chi connectivity index (χ0v) is 14.1. The van der Waals surface area contributed by atoms with E-state index in [9.17, 15) is 13.6 Å². The lowest BCUT2D eigenvalue weighted by Gasteiger charge is -2.11. The molecule has 0 saturated heterocycles. The van der Waals surface area contributed by atoms with Crippen molar-refractivity contribution in [3.05, 3.63) is 77.2 Å². The van der Waals surface area contributed by atoms with Crippen LogP contribution in [0.1, 0.15) is 21.9 Å². The Bertz CT molecular complexity index is 1040. The SMILES string of the molecule is Cc1nc(Nc2ccccc2C#N)cc(C(=O)Nc2c(F)cccc2F)n1. The molecule has 0 fully saturated rings. The van der Waals surface area contributed by atoms with E-state index in [1.54, 1.807) is 31.2 Å². The topological polar surface area (TPSA) is 90.7 Å². The van der Waals surface area contributed by atoms with Gasteiger partial charge in [-0.15, -0.1) is 0 Å². The molecule has 1 amide bonds. The van der Waals surface area contributed by atoms with Gasteiger partial charge in [-0.3, -0.25) is 4.79 Å². The highest BCUT2D eigenvalue weighted by molar-refractivity contribution is 6.03. The monoisotopic (exact) mass is 365 g/mol. The minimum absolute atomic E-state index is 0.0814. The molecule has 0 aliphatic heterocycles. The summed E-state index contributed by atoms with van der Waals surface area (Å²) in [7, 11) is 0. The quantitative estimate of drug-likeness (QED) is 0.731. The lowest BCUT2D eigenvalue weighted by Crippen LogP contribution is -2.17. The smallest absolute Gasteiger partial charge is 0.274 e. The number of rotatable bonds is 4. The van der Waals surface area contributed by atoms with Gasteiger partial charge in [0, 0.05) is 6.07 Å². The molecule has 2 N–H and O–H groups in total. The maximum atomic E-state index is 13.7. The Morgan fingerprint density at radius 3 is 2.48 bits per heavy atom. The Balaban J connectivity index is 1.89. The van der Waals surface area contributed by atoms with Gasteiger partial charge >= 0.3 is 0 Å². The summed E-state index contributed by atoms with van der Waals surface area (Å²) in [5, 5.41) is 14.3. The van der Waals surface area contributed by atoms with E-state index < -0.39 is 23.2 Å². The molecule has 27 heavy (non-hydrogen) atoms. The van der Waals surface area contributed by atoms with Crippen molar-refractivity contribution in [3.8, 4) is 6.07 Å². The molecule has 0 unspecified atom stereocenters. The second kappa shape index (κ2) is 7.58. The Kier molecular flexibility index (Phi) is 5.04. The van der Waals surface area contributed by atoms with Crippen LogP contribution in [-0.2, 0) is 0 Å². The van der Waals surface area contributed by atoms with Crippen molar-refractivity contribution in [2.24, 2.45) is 0 Å². The maximum absolute atomic E-state index is 13.7. The molecule has 0 saturated carbocycles. The van der Waals surface area contributed by atoms with E-state index in [4.69, 9.17) is 5.26 Å². The summed E-state index contributed by atoms with van der Waals surface area (Å²) in [5.74, 6) is -2.04. The van der Waals surface area contributed by atoms with E-state index in [1.807, 2.05) is 6.07 Å². The fraction of sp³-hybridized carbons (Fsp3) is 0.0526. The van der Waals surface area contributed by atoms with Gasteiger partial charge in [-0.1, -0.05) is 18.2 Å². The van der Waals surface area contributed by atoms with E-state index in [0.717, 1.165) is 12.1 Å². The standard InChI is InChI=1S/C19H13F2N5O/c1-11-23-16(19(27)26-18-13(20)6-4-7-14(18)21)9-17(24-11)25-15-8-3-2-5-12(15)10-22/h2-9H,1H3,(H,26,27)(H,23,24,25). The molecular weight excluding hydrogens is 352 g/mol. The fourth-order valence-electron chi connectivity index (χ4n) is 2.37. The molecule has 0 bridgehead atoms. The average molecular weight is 365 g/mol. The minimum Gasteiger partial charge on any atom is -0.339 e. The maximum Gasteiger partial charge on any atom is 0.274 e. The second-order valence-corrected chi connectivity index (χ2v) is 5.52. The van der Waals surface area contributed by atoms with Crippen LogP contribution in [0.3, 0.4) is 0 Å². The highest BCUT2D eigenvalue weighted by atomic mass is 19.1. The summed E-state index contributed by atoms with van der Waals surface area (Å²) in [6.45, 7) is 1.57. The van der Waals surface area contributed by atoms with Crippen LogP contribution in [0.25, 0.3) is 0 Å². The first kappa shape index (κ1) is 17.9. The number of hydrogen-bond donors (Lipinski definition) is 2. The summed E-state index contributed by atoms with van der Waals surface area (Å²) < 4.78 is 27.5. The lowest BCUT2D eigenvalue weighted by atomic mass is 10.2. The van der Waals surface area contributed by atoms with Gasteiger partial charge in [0.15, 0.2) is 0 Å². The van der Waals surface area contributed by atoms with Crippen LogP contribution in [0.2, 0.25) is 0 Å². The zero-order chi connectivity index (χ0) is 19.4. The van der Waals surface area contributed by atoms with Crippen LogP contribution in [-0.4, -0.2) is 15.9 Å². The number of aromatic nitrogens is 2. The van der Waals surface area contributed by atoms with Gasteiger partial charge in [0.1, 0.15) is 40.7 Å². The number of amides is 1. The van der Waals surface area contributed by atoms with E-state index >= 15 is 0 Å². The zero-order valence-electron chi connectivity index (χ0n) is 14.1. The Morgan fingerprint density at radius 1 is 1.07 bits per heavy atom. The Hall–Kier alpha value is -3.86. The molecular formula is C19H13F2N5O. The molecule has 1 aromatic heterocycles. The highest BCUT2D eigenvalue weighted by Gasteiger charge is 2.16. The second-order valence-electron chi connectivity index (χ2n) is 5.52. The van der Waals surface area contributed by atoms with Crippen LogP contribution in [0, 0.1) is 29.9 Å². The molecule has 6 nitrogen and oxygen atoms in total. The molecule has 2 aromatic carbocycles. The number of hydrogen-bond acceptors (Lipinski definition) is 5. The number of carbonyl (C=O) groups is 1. The van der Waals surface area contributed by atoms with E-state index in [2.05, 4.69) is 20.6 Å². The van der Waals surface area contributed by atoms with E-state index in [0.29, 0.717) is 11.3 Å². The van der Waals surface area contributed by atoms with Crippen molar-refractivity contribution in [2.45, 2.75) is 6.92 Å². The molecule has 3 aromatic rings. The Labute approximate surface area is 153 Å². The third-order valence-corrected chi connectivity index (χ3v) is 3.58. The first-order valence-corrected chi connectivity index (χ1v) is 7.85. The number of benzene rings is 2. The van der Waals surface area contributed by atoms with Crippen molar-refractivity contribution < 1.29 is 13.6 Å². The largest absolute Gasteiger partial charge is 0.339 e. The van der Waals surface area contributed by atoms with Crippen LogP contribution < -0.4 is 10.6 Å². The van der Waals surface area contributed by atoms with E-state index in [1.165, 1.54) is 12.1 Å². The summed E-state index contributed by atoms with van der Waals surface area (Å²) >= 11 is 0. The number of nitriles is 1. The lowest BCUT2D eigenvalue weighted by molar-refractivity contribution is 0.102. The molecule has 3 rings (SSSR count). The van der Waals surface area contributed by atoms with Crippen molar-refractivity contribution >= 4 is 23.1 Å². The van der Waals surface area contributed by atoms with Gasteiger partial charge in [-0.05, 0) is 31.2 Å². The number of para-hydroxylation sites is 2. The predicted molar refractivity (Wildman–Crippen MR) is 95.5 cm³/mol. The van der Waals surface area contributed by atoms with E-state index in [-0.39, 0.29) is 17.3 Å². The van der Waals surface area contributed by atoms with Gasteiger partial charge in [0.25, 0.3) is 5.91 Å². The first-order chi connectivity index (χ1) is 13.0. The third-order valence-electron chi connectivity index (χ3n) is 3.58. The number of anilines is 3. The van der Waals surface area contributed by atoms with Gasteiger partial charge in [0.2, 0.25) is 0 Å². The average Bonchev–Trinajstić information content (AvgIpc) is 2.64. The van der Waals surface area contributed by atoms with Crippen molar-refractivity contribution in [1.82, 2.24) is 9.97 Å². The molecule has 0 radical (unpaired) electrons. The number of halogens is 2. The van der Waals surface area contributed by atoms with Crippen molar-refractivity contribution in [1.29, 1.82) is 5.26 Å². The molecule has 1 heterocycles. The molecule has 0 aliphatic carbocycles. The van der Waals surface area contributed by atoms with Gasteiger partial charge in [-0.25, -0.2) is 18.7 Å². The molecule has 8 heteroatoms. The normalized spacial score (nSPS) is 10.1. The number of carbonyl (C=O) groups excluding carboxylic acids is 1. The summed E-state index contributed by atoms with van der Waals surface area (Å²) in [4.78, 5) is 20.6. The van der Waals surface area contributed by atoms with Crippen LogP contribution in [0.15, 0.2) is 48.5 Å². The number of aryl methyl sites for hydroxylation is 1. The third kappa shape index (κ3) is 4.04. The van der Waals surface area contributed by atoms with Crippen LogP contribution in [0.5, 0.6) is 0 Å². The summed E-state index contributed by atoms with van der Waals surface area (Å²) in [6, 6.07) is 13.4. The first-order valence-electron chi connectivity index (χ1n) is 7.85. The predicted octanol–water partition coefficient (Wildman–Crippen LogP) is 3.93. The van der Waals surface area contributed by atoms with Crippen molar-refractivity contribution in [2.75, 3.05) is 10.6 Å². The molecule has 0 spiro atoms. The fourth-order valence-corrected chi connectivity index (χ4v) is 2.37. The van der Waals surface area contributed by atoms with Crippen molar-refractivity contribution in [3.63, 3.8) is 0 Å². The van der Waals surface area contributed by atoms with Gasteiger partial charge < -0.3 is 10.6 Å². The van der Waals surface area contributed by atoms with Crippen LogP contribution in [0.4, 0.5) is 26.0 Å². The summed E-state index contributed by atoms with van der Waals surface area (Å²) in [5.41, 5.74) is 0.267. The molecule has 0 aliphatic rings. The Morgan fingerprint density at radius 2 is 1.78 bits per heavy atom. The van der Waals surface area contributed by atoms with Gasteiger partial charge in [-0.2, -0.15) is 5.26 Å². The summed E-state index contributed by atoms with van der Waals surface area (Å²) in [6.07, 6.45) is 0. The molecule has 0 atom stereocenters. The highest BCUT2D eigenvalue weighted by Crippen LogP contribution is 2.21.